The van der Waals surface area contributed by atoms with Gasteiger partial charge in [0.15, 0.2) is 0 Å². The summed E-state index contributed by atoms with van der Waals surface area (Å²) < 4.78 is 20.0. The van der Waals surface area contributed by atoms with Gasteiger partial charge < -0.3 is 20.8 Å². The molecule has 3 heterocycles. The van der Waals surface area contributed by atoms with E-state index in [0.717, 1.165) is 30.3 Å². The third-order valence-corrected chi connectivity index (χ3v) is 9.74. The zero-order valence-corrected chi connectivity index (χ0v) is 26.5. The highest BCUT2D eigenvalue weighted by Crippen LogP contribution is 2.57. The summed E-state index contributed by atoms with van der Waals surface area (Å²) >= 11 is 6.85. The van der Waals surface area contributed by atoms with Crippen molar-refractivity contribution in [3.05, 3.63) is 65.0 Å². The van der Waals surface area contributed by atoms with Crippen molar-refractivity contribution in [3.63, 3.8) is 0 Å². The third kappa shape index (κ3) is 5.76. The van der Waals surface area contributed by atoms with Gasteiger partial charge in [-0.3, -0.25) is 9.99 Å². The fourth-order valence-corrected chi connectivity index (χ4v) is 6.66. The number of nitrogens with zero attached hydrogens (tertiary/aromatic N) is 4. The van der Waals surface area contributed by atoms with Gasteiger partial charge in [0.2, 0.25) is 5.95 Å². The fourth-order valence-electron chi connectivity index (χ4n) is 6.39. The molecule has 1 saturated heterocycles. The van der Waals surface area contributed by atoms with Crippen LogP contribution in [0.25, 0.3) is 10.9 Å². The number of anilines is 2. The Morgan fingerprint density at radius 3 is 2.77 bits per heavy atom. The third-order valence-electron chi connectivity index (χ3n) is 9.45. The summed E-state index contributed by atoms with van der Waals surface area (Å²) in [6.45, 7) is 13.3. The molecule has 6 rings (SSSR count). The number of rotatable bonds is 10. The smallest absolute Gasteiger partial charge is 0.208 e. The number of hydrogen-bond acceptors (Lipinski definition) is 9. The van der Waals surface area contributed by atoms with E-state index in [1.54, 1.807) is 20.0 Å². The number of nitrogens with one attached hydrogen (secondary N) is 4. The van der Waals surface area contributed by atoms with Gasteiger partial charge >= 0.3 is 0 Å². The number of hydrazine groups is 2. The topological polar surface area (TPSA) is 110 Å². The number of allylic oxidation sites excluding steroid dienone is 1. The quantitative estimate of drug-likeness (QED) is 0.172. The SMILES string of the molecule is C=C(C(C)=N/C(F)=C\C)[C@H](Nc1cc(Cl)c2ncc(C#N)c(N[C@@H]3CCOCC3(C)C)c2c1)C1=CN(C2(C3CC3)CC2)NN1. The molecule has 4 aliphatic rings. The second-order valence-electron chi connectivity index (χ2n) is 13.0. The van der Waals surface area contributed by atoms with Crippen molar-refractivity contribution < 1.29 is 9.13 Å². The molecule has 3 fully saturated rings. The molecule has 9 nitrogen and oxygen atoms in total. The maximum absolute atomic E-state index is 14.2. The van der Waals surface area contributed by atoms with E-state index in [0.29, 0.717) is 57.9 Å². The lowest BCUT2D eigenvalue weighted by Crippen LogP contribution is -2.46. The van der Waals surface area contributed by atoms with Crippen LogP contribution >= 0.6 is 11.6 Å². The Balaban J connectivity index is 1.38. The average Bonchev–Trinajstić information content (AvgIpc) is 3.94. The molecular formula is C33H40ClFN8O. The van der Waals surface area contributed by atoms with Crippen molar-refractivity contribution in [1.82, 2.24) is 21.0 Å². The molecule has 4 N–H and O–H groups in total. The lowest BCUT2D eigenvalue weighted by Gasteiger charge is -2.39. The number of pyridine rings is 1. The first-order valence-electron chi connectivity index (χ1n) is 15.3. The Morgan fingerprint density at radius 2 is 2.11 bits per heavy atom. The molecule has 2 atom stereocenters. The second-order valence-corrected chi connectivity index (χ2v) is 13.4. The number of ether oxygens (including phenoxy) is 1. The van der Waals surface area contributed by atoms with Crippen LogP contribution in [0.5, 0.6) is 0 Å². The van der Waals surface area contributed by atoms with Crippen LogP contribution in [-0.4, -0.2) is 46.5 Å². The highest BCUT2D eigenvalue weighted by Gasteiger charge is 2.58. The second kappa shape index (κ2) is 11.7. The van der Waals surface area contributed by atoms with Gasteiger partial charge in [0, 0.05) is 47.2 Å². The van der Waals surface area contributed by atoms with Gasteiger partial charge in [0.05, 0.1) is 45.7 Å². The number of hydrogen-bond donors (Lipinski definition) is 4. The van der Waals surface area contributed by atoms with E-state index in [2.05, 4.69) is 69.3 Å². The molecule has 44 heavy (non-hydrogen) atoms. The zero-order valence-electron chi connectivity index (χ0n) is 25.7. The van der Waals surface area contributed by atoms with Gasteiger partial charge in [0.25, 0.3) is 0 Å². The molecule has 2 aliphatic heterocycles. The number of aromatic nitrogens is 1. The summed E-state index contributed by atoms with van der Waals surface area (Å²) in [5.41, 5.74) is 11.0. The standard InChI is InChI=1S/C33H40ClFN8O/c1-6-28(35)38-20(3)19(2)29(26-17-43(42-41-26)33(10-11-33)22-7-8-22)39-23-13-24-30(40-27-9-12-44-18-32(27,4)5)21(15-36)16-37-31(24)25(34)14-23/h6,13-14,16-17,22,27,29,39,41-42H,2,7-12,18H2,1,3-5H3,(H,37,40)/b28-6-,38-20?/t27-,29+/m1/s1. The average molecular weight is 619 g/mol. The Bertz CT molecular complexity index is 1620. The highest BCUT2D eigenvalue weighted by atomic mass is 35.5. The number of fused-ring (bicyclic) bond motifs is 1. The molecule has 2 saturated carbocycles. The molecule has 1 aromatic heterocycles. The van der Waals surface area contributed by atoms with Crippen LogP contribution in [0.2, 0.25) is 5.02 Å². The number of aliphatic imine (C=N–C) groups is 1. The van der Waals surface area contributed by atoms with Crippen LogP contribution in [0.3, 0.4) is 0 Å². The van der Waals surface area contributed by atoms with Crippen LogP contribution in [0.1, 0.15) is 65.4 Å². The lowest BCUT2D eigenvalue weighted by atomic mass is 9.81. The van der Waals surface area contributed by atoms with Crippen molar-refractivity contribution in [2.75, 3.05) is 23.8 Å². The van der Waals surface area contributed by atoms with Crippen molar-refractivity contribution in [2.45, 2.75) is 77.4 Å². The van der Waals surface area contributed by atoms with E-state index < -0.39 is 12.0 Å². The van der Waals surface area contributed by atoms with Gasteiger partial charge in [-0.25, -0.2) is 4.99 Å². The Kier molecular flexibility index (Phi) is 8.07. The predicted molar refractivity (Wildman–Crippen MR) is 174 cm³/mol. The fraction of sp³-hybridized carbons (Fsp3) is 0.485. The first-order chi connectivity index (χ1) is 21.1. The van der Waals surface area contributed by atoms with Crippen LogP contribution in [0.15, 0.2) is 59.4 Å². The summed E-state index contributed by atoms with van der Waals surface area (Å²) in [7, 11) is 0. The maximum atomic E-state index is 14.2. The van der Waals surface area contributed by atoms with Crippen molar-refractivity contribution in [3.8, 4) is 6.07 Å². The van der Waals surface area contributed by atoms with Crippen molar-refractivity contribution >= 4 is 39.6 Å². The van der Waals surface area contributed by atoms with Gasteiger partial charge in [-0.15, -0.1) is 5.53 Å². The Morgan fingerprint density at radius 1 is 1.34 bits per heavy atom. The summed E-state index contributed by atoms with van der Waals surface area (Å²) in [5.74, 6) is 0.124. The maximum Gasteiger partial charge on any atom is 0.208 e. The summed E-state index contributed by atoms with van der Waals surface area (Å²) in [5, 5.41) is 20.6. The minimum Gasteiger partial charge on any atom is -0.381 e. The zero-order chi connectivity index (χ0) is 31.2. The van der Waals surface area contributed by atoms with E-state index in [9.17, 15) is 9.65 Å². The van der Waals surface area contributed by atoms with E-state index >= 15 is 0 Å². The Hall–Kier alpha value is -3.65. The molecule has 1 aromatic carbocycles. The minimum atomic E-state index is -0.572. The molecular weight excluding hydrogens is 579 g/mol. The van der Waals surface area contributed by atoms with Gasteiger partial charge in [-0.2, -0.15) is 9.65 Å². The van der Waals surface area contributed by atoms with Gasteiger partial charge in [-0.05, 0) is 75.7 Å². The Labute approximate surface area is 263 Å². The summed E-state index contributed by atoms with van der Waals surface area (Å²) in [4.78, 5) is 8.66. The molecule has 2 aliphatic carbocycles. The molecule has 11 heteroatoms. The number of benzene rings is 1. The predicted octanol–water partition coefficient (Wildman–Crippen LogP) is 6.72. The van der Waals surface area contributed by atoms with E-state index in [1.165, 1.54) is 18.9 Å². The molecule has 232 valence electrons. The minimum absolute atomic E-state index is 0.0864. The van der Waals surface area contributed by atoms with E-state index in [4.69, 9.17) is 16.3 Å². The van der Waals surface area contributed by atoms with Crippen molar-refractivity contribution in [2.24, 2.45) is 16.3 Å². The van der Waals surface area contributed by atoms with E-state index in [-0.39, 0.29) is 17.0 Å². The molecule has 0 amide bonds. The number of nitriles is 1. The normalized spacial score (nSPS) is 23.4. The van der Waals surface area contributed by atoms with Gasteiger partial charge in [-0.1, -0.05) is 32.0 Å². The first-order valence-corrected chi connectivity index (χ1v) is 15.7. The largest absolute Gasteiger partial charge is 0.381 e. The molecule has 0 unspecified atom stereocenters. The highest BCUT2D eigenvalue weighted by molar-refractivity contribution is 6.35. The van der Waals surface area contributed by atoms with Crippen LogP contribution in [0.4, 0.5) is 15.8 Å². The van der Waals surface area contributed by atoms with Crippen LogP contribution < -0.4 is 21.6 Å². The van der Waals surface area contributed by atoms with E-state index in [1.807, 2.05) is 12.1 Å². The monoisotopic (exact) mass is 618 g/mol. The summed E-state index contributed by atoms with van der Waals surface area (Å²) in [6.07, 6.45) is 10.6. The molecule has 2 aromatic rings. The first kappa shape index (κ1) is 30.4. The molecule has 0 bridgehead atoms. The summed E-state index contributed by atoms with van der Waals surface area (Å²) in [6, 6.07) is 5.68. The van der Waals surface area contributed by atoms with Gasteiger partial charge in [0.1, 0.15) is 6.07 Å². The molecule has 0 spiro atoms. The van der Waals surface area contributed by atoms with Crippen LogP contribution in [0, 0.1) is 22.7 Å². The van der Waals surface area contributed by atoms with Crippen molar-refractivity contribution in [1.29, 1.82) is 5.26 Å². The number of halogens is 2. The van der Waals surface area contributed by atoms with Crippen LogP contribution in [-0.2, 0) is 4.74 Å². The molecule has 0 radical (unpaired) electrons. The lowest BCUT2D eigenvalue weighted by molar-refractivity contribution is 0.00350.